The Kier molecular flexibility index (Phi) is 8.21. The third-order valence-corrected chi connectivity index (χ3v) is 8.14. The normalized spacial score (nSPS) is 12.6. The van der Waals surface area contributed by atoms with Crippen molar-refractivity contribution in [1.29, 1.82) is 5.26 Å². The van der Waals surface area contributed by atoms with Crippen molar-refractivity contribution >= 4 is 45.6 Å². The number of rotatable bonds is 9. The number of hydrogen-bond donors (Lipinski definition) is 2. The molecule has 4 rings (SSSR count). The van der Waals surface area contributed by atoms with Crippen molar-refractivity contribution in [3.8, 4) is 6.07 Å². The van der Waals surface area contributed by atoms with Crippen LogP contribution in [0.15, 0.2) is 29.4 Å². The summed E-state index contributed by atoms with van der Waals surface area (Å²) in [6.07, 6.45) is 5.00. The molecule has 0 fully saturated rings. The highest BCUT2D eigenvalue weighted by Gasteiger charge is 2.22. The van der Waals surface area contributed by atoms with E-state index in [9.17, 15) is 14.9 Å². The molecule has 0 spiro atoms. The predicted octanol–water partition coefficient (Wildman–Crippen LogP) is 4.58. The molecule has 2 heterocycles. The van der Waals surface area contributed by atoms with Crippen LogP contribution in [-0.2, 0) is 41.8 Å². The van der Waals surface area contributed by atoms with Gasteiger partial charge in [-0.25, -0.2) is 0 Å². The third kappa shape index (κ3) is 5.74. The van der Waals surface area contributed by atoms with Crippen molar-refractivity contribution < 1.29 is 9.59 Å². The zero-order chi connectivity index (χ0) is 24.8. The molecule has 0 saturated carbocycles. The molecule has 3 aromatic rings. The lowest BCUT2D eigenvalue weighted by Crippen LogP contribution is -2.18. The zero-order valence-electron chi connectivity index (χ0n) is 19.9. The SMILES string of the molecule is CCc1ccccc1NC(=O)Cc1nnc(SCC(=O)Nc2sc3c(c2C#N)CCCC3)n1CC. The number of nitrogens with one attached hydrogen (secondary N) is 2. The van der Waals surface area contributed by atoms with E-state index in [4.69, 9.17) is 0 Å². The van der Waals surface area contributed by atoms with Crippen LogP contribution in [0.1, 0.15) is 54.1 Å². The molecule has 35 heavy (non-hydrogen) atoms. The molecule has 182 valence electrons. The van der Waals surface area contributed by atoms with Crippen molar-refractivity contribution in [2.75, 3.05) is 16.4 Å². The van der Waals surface area contributed by atoms with Gasteiger partial charge in [0, 0.05) is 17.1 Å². The first-order valence-corrected chi connectivity index (χ1v) is 13.6. The fourth-order valence-electron chi connectivity index (χ4n) is 4.23. The van der Waals surface area contributed by atoms with Gasteiger partial charge in [0.15, 0.2) is 5.16 Å². The summed E-state index contributed by atoms with van der Waals surface area (Å²) in [6.45, 7) is 4.59. The number of aromatic nitrogens is 3. The van der Waals surface area contributed by atoms with Crippen molar-refractivity contribution in [3.05, 3.63) is 51.7 Å². The molecule has 0 saturated heterocycles. The second-order valence-electron chi connectivity index (χ2n) is 8.24. The predicted molar refractivity (Wildman–Crippen MR) is 139 cm³/mol. The number of aryl methyl sites for hydroxylation is 2. The van der Waals surface area contributed by atoms with Crippen LogP contribution < -0.4 is 10.6 Å². The zero-order valence-corrected chi connectivity index (χ0v) is 21.5. The summed E-state index contributed by atoms with van der Waals surface area (Å²) in [5, 5.41) is 25.1. The molecule has 0 bridgehead atoms. The van der Waals surface area contributed by atoms with Crippen LogP contribution in [0.2, 0.25) is 0 Å². The van der Waals surface area contributed by atoms with Gasteiger partial charge in [0.1, 0.15) is 16.9 Å². The Morgan fingerprint density at radius 1 is 1.14 bits per heavy atom. The number of para-hydroxylation sites is 1. The van der Waals surface area contributed by atoms with E-state index in [1.165, 1.54) is 28.0 Å². The third-order valence-electron chi connectivity index (χ3n) is 5.97. The van der Waals surface area contributed by atoms with E-state index in [1.54, 1.807) is 0 Å². The molecule has 8 nitrogen and oxygen atoms in total. The minimum Gasteiger partial charge on any atom is -0.325 e. The number of thioether (sulfide) groups is 1. The van der Waals surface area contributed by atoms with Crippen molar-refractivity contribution in [2.24, 2.45) is 0 Å². The van der Waals surface area contributed by atoms with Gasteiger partial charge in [0.05, 0.1) is 17.7 Å². The Labute approximate surface area is 213 Å². The van der Waals surface area contributed by atoms with Gasteiger partial charge >= 0.3 is 0 Å². The van der Waals surface area contributed by atoms with Gasteiger partial charge in [-0.1, -0.05) is 36.9 Å². The molecule has 0 radical (unpaired) electrons. The maximum atomic E-state index is 12.7. The van der Waals surface area contributed by atoms with Gasteiger partial charge < -0.3 is 15.2 Å². The average molecular weight is 509 g/mol. The molecule has 0 unspecified atom stereocenters. The Morgan fingerprint density at radius 2 is 1.94 bits per heavy atom. The highest BCUT2D eigenvalue weighted by molar-refractivity contribution is 7.99. The maximum Gasteiger partial charge on any atom is 0.235 e. The standard InChI is InChI=1S/C25H28N6O2S2/c1-3-16-9-5-7-11-19(16)27-22(32)13-21-29-30-25(31(21)4-2)34-15-23(33)28-24-18(14-26)17-10-6-8-12-20(17)35-24/h5,7,9,11H,3-4,6,8,10,12-13,15H2,1-2H3,(H,27,32)(H,28,33). The summed E-state index contributed by atoms with van der Waals surface area (Å²) >= 11 is 2.79. The first-order valence-electron chi connectivity index (χ1n) is 11.8. The molecule has 2 N–H and O–H groups in total. The fourth-order valence-corrected chi connectivity index (χ4v) is 6.30. The maximum absolute atomic E-state index is 12.7. The van der Waals surface area contributed by atoms with Crippen LogP contribution in [0.5, 0.6) is 0 Å². The van der Waals surface area contributed by atoms with E-state index in [-0.39, 0.29) is 24.0 Å². The minimum absolute atomic E-state index is 0.0952. The van der Waals surface area contributed by atoms with Gasteiger partial charge in [-0.15, -0.1) is 21.5 Å². The van der Waals surface area contributed by atoms with Crippen LogP contribution in [0.25, 0.3) is 0 Å². The Morgan fingerprint density at radius 3 is 2.71 bits per heavy atom. The summed E-state index contributed by atoms with van der Waals surface area (Å²) in [4.78, 5) is 26.5. The molecule has 1 aliphatic rings. The van der Waals surface area contributed by atoms with E-state index in [0.717, 1.165) is 48.9 Å². The monoisotopic (exact) mass is 508 g/mol. The summed E-state index contributed by atoms with van der Waals surface area (Å²) in [6, 6.07) is 10.0. The number of benzene rings is 1. The number of nitriles is 1. The Hall–Kier alpha value is -3.16. The van der Waals surface area contributed by atoms with Crippen molar-refractivity contribution in [2.45, 2.75) is 64.1 Å². The highest BCUT2D eigenvalue weighted by atomic mass is 32.2. The van der Waals surface area contributed by atoms with Gasteiger partial charge in [-0.05, 0) is 56.2 Å². The van der Waals surface area contributed by atoms with Crippen LogP contribution >= 0.6 is 23.1 Å². The Balaban J connectivity index is 1.37. The number of amides is 2. The molecule has 2 amide bonds. The molecule has 0 atom stereocenters. The molecule has 1 aromatic carbocycles. The summed E-state index contributed by atoms with van der Waals surface area (Å²) in [7, 11) is 0. The summed E-state index contributed by atoms with van der Waals surface area (Å²) in [5.74, 6) is 0.348. The first-order chi connectivity index (χ1) is 17.0. The van der Waals surface area contributed by atoms with E-state index < -0.39 is 0 Å². The van der Waals surface area contributed by atoms with Crippen molar-refractivity contribution in [1.82, 2.24) is 14.8 Å². The highest BCUT2D eigenvalue weighted by Crippen LogP contribution is 2.37. The van der Waals surface area contributed by atoms with E-state index >= 15 is 0 Å². The number of fused-ring (bicyclic) bond motifs is 1. The molecule has 10 heteroatoms. The van der Waals surface area contributed by atoms with Gasteiger partial charge in [-0.2, -0.15) is 5.26 Å². The minimum atomic E-state index is -0.189. The van der Waals surface area contributed by atoms with Crippen LogP contribution in [0.4, 0.5) is 10.7 Å². The van der Waals surface area contributed by atoms with Crippen LogP contribution in [0.3, 0.4) is 0 Å². The smallest absolute Gasteiger partial charge is 0.235 e. The van der Waals surface area contributed by atoms with Gasteiger partial charge in [0.2, 0.25) is 11.8 Å². The number of thiophene rings is 1. The summed E-state index contributed by atoms with van der Waals surface area (Å²) < 4.78 is 1.85. The molecular weight excluding hydrogens is 480 g/mol. The number of anilines is 2. The van der Waals surface area contributed by atoms with Crippen molar-refractivity contribution in [3.63, 3.8) is 0 Å². The van der Waals surface area contributed by atoms with E-state index in [0.29, 0.717) is 28.1 Å². The number of carbonyl (C=O) groups is 2. The lowest BCUT2D eigenvalue weighted by Gasteiger charge is -2.10. The van der Waals surface area contributed by atoms with Gasteiger partial charge in [-0.3, -0.25) is 9.59 Å². The fraction of sp³-hybridized carbons (Fsp3) is 0.400. The lowest BCUT2D eigenvalue weighted by atomic mass is 9.96. The van der Waals surface area contributed by atoms with Crippen LogP contribution in [0, 0.1) is 11.3 Å². The Bertz CT molecular complexity index is 1270. The average Bonchev–Trinajstić information content (AvgIpc) is 3.42. The number of carbonyl (C=O) groups excluding carboxylic acids is 2. The quantitative estimate of drug-likeness (QED) is 0.409. The molecule has 1 aliphatic carbocycles. The molecular formula is C25H28N6O2S2. The lowest BCUT2D eigenvalue weighted by molar-refractivity contribution is -0.116. The second-order valence-corrected chi connectivity index (χ2v) is 10.3. The largest absolute Gasteiger partial charge is 0.325 e. The van der Waals surface area contributed by atoms with E-state index in [2.05, 4.69) is 26.9 Å². The second kappa shape index (κ2) is 11.5. The number of hydrogen-bond acceptors (Lipinski definition) is 7. The van der Waals surface area contributed by atoms with E-state index in [1.807, 2.05) is 42.7 Å². The van der Waals surface area contributed by atoms with Crippen LogP contribution in [-0.4, -0.2) is 32.3 Å². The molecule has 0 aliphatic heterocycles. The first kappa shape index (κ1) is 24.9. The van der Waals surface area contributed by atoms with Gasteiger partial charge in [0.25, 0.3) is 0 Å². The summed E-state index contributed by atoms with van der Waals surface area (Å²) in [5.41, 5.74) is 3.59. The topological polar surface area (TPSA) is 113 Å². The molecule has 2 aromatic heterocycles. The number of nitrogens with zero attached hydrogens (tertiary/aromatic N) is 4.